The Labute approximate surface area is 150 Å². The van der Waals surface area contributed by atoms with Crippen LogP contribution in [0.4, 0.5) is 11.5 Å². The monoisotopic (exact) mass is 388 g/mol. The topological polar surface area (TPSA) is 48.5 Å². The van der Waals surface area contributed by atoms with E-state index < -0.39 is 0 Å². The Hall–Kier alpha value is -1.92. The zero-order chi connectivity index (χ0) is 17.1. The number of likely N-dealkylation sites (N-methyl/N-ethyl adjacent to an activating group) is 1. The first-order valence-corrected chi connectivity index (χ1v) is 8.79. The lowest BCUT2D eigenvalue weighted by atomic mass is 10.2. The molecular weight excluding hydrogens is 368 g/mol. The molecule has 1 aromatic heterocycles. The largest absolute Gasteiger partial charge is 0.340 e. The van der Waals surface area contributed by atoms with Crippen molar-refractivity contribution in [3.8, 4) is 0 Å². The van der Waals surface area contributed by atoms with Gasteiger partial charge in [-0.15, -0.1) is 0 Å². The minimum Gasteiger partial charge on any atom is -0.340 e. The molecule has 0 spiro atoms. The first kappa shape index (κ1) is 16.9. The van der Waals surface area contributed by atoms with Gasteiger partial charge in [0.25, 0.3) is 5.91 Å². The van der Waals surface area contributed by atoms with E-state index in [4.69, 9.17) is 0 Å². The summed E-state index contributed by atoms with van der Waals surface area (Å²) < 4.78 is 1.05. The normalized spacial score (nSPS) is 15.4. The summed E-state index contributed by atoms with van der Waals surface area (Å²) in [6.45, 7) is 5.42. The molecule has 1 aromatic carbocycles. The fourth-order valence-corrected chi connectivity index (χ4v) is 3.17. The minimum absolute atomic E-state index is 0.0574. The molecule has 126 valence electrons. The predicted octanol–water partition coefficient (Wildman–Crippen LogP) is 3.28. The molecule has 1 saturated heterocycles. The van der Waals surface area contributed by atoms with Gasteiger partial charge in [-0.3, -0.25) is 4.79 Å². The summed E-state index contributed by atoms with van der Waals surface area (Å²) in [6, 6.07) is 9.73. The van der Waals surface area contributed by atoms with E-state index in [-0.39, 0.29) is 5.91 Å². The van der Waals surface area contributed by atoms with Gasteiger partial charge in [0.2, 0.25) is 0 Å². The van der Waals surface area contributed by atoms with Gasteiger partial charge in [-0.2, -0.15) is 0 Å². The summed E-state index contributed by atoms with van der Waals surface area (Å²) in [7, 11) is 2.08. The number of halogens is 1. The first-order valence-electron chi connectivity index (χ1n) is 8.00. The zero-order valence-electron chi connectivity index (χ0n) is 13.9. The number of amides is 1. The Morgan fingerprint density at radius 1 is 1.17 bits per heavy atom. The number of carbonyl (C=O) groups is 1. The number of aromatic nitrogens is 1. The van der Waals surface area contributed by atoms with Gasteiger partial charge < -0.3 is 15.1 Å². The highest BCUT2D eigenvalue weighted by Crippen LogP contribution is 2.23. The van der Waals surface area contributed by atoms with Crippen molar-refractivity contribution in [1.29, 1.82) is 0 Å². The molecule has 1 amide bonds. The number of piperazine rings is 1. The molecule has 0 unspecified atom stereocenters. The molecule has 0 radical (unpaired) electrons. The fraction of sp³-hybridized carbons (Fsp3) is 0.333. The van der Waals surface area contributed by atoms with Crippen molar-refractivity contribution in [2.45, 2.75) is 6.92 Å². The molecule has 2 aromatic rings. The van der Waals surface area contributed by atoms with E-state index in [9.17, 15) is 4.79 Å². The van der Waals surface area contributed by atoms with Gasteiger partial charge in [-0.25, -0.2) is 4.98 Å². The number of benzene rings is 1. The van der Waals surface area contributed by atoms with Crippen LogP contribution in [0.15, 0.2) is 41.0 Å². The average Bonchev–Trinajstić information content (AvgIpc) is 2.58. The summed E-state index contributed by atoms with van der Waals surface area (Å²) in [5, 5.41) is 3.29. The highest BCUT2D eigenvalue weighted by Gasteiger charge is 2.20. The van der Waals surface area contributed by atoms with Crippen molar-refractivity contribution in [3.05, 3.63) is 52.1 Å². The molecule has 5 nitrogen and oxygen atoms in total. The molecule has 3 rings (SSSR count). The van der Waals surface area contributed by atoms with Crippen LogP contribution in [0.2, 0.25) is 0 Å². The number of rotatable bonds is 3. The third kappa shape index (κ3) is 3.94. The van der Waals surface area contributed by atoms with E-state index in [2.05, 4.69) is 38.2 Å². The van der Waals surface area contributed by atoms with Gasteiger partial charge in [0.15, 0.2) is 0 Å². The second kappa shape index (κ2) is 7.32. The Kier molecular flexibility index (Phi) is 5.16. The first-order chi connectivity index (χ1) is 11.5. The molecule has 0 bridgehead atoms. The lowest BCUT2D eigenvalue weighted by Crippen LogP contribution is -2.47. The van der Waals surface area contributed by atoms with Crippen molar-refractivity contribution >= 4 is 33.3 Å². The van der Waals surface area contributed by atoms with Crippen molar-refractivity contribution in [2.24, 2.45) is 0 Å². The van der Waals surface area contributed by atoms with E-state index >= 15 is 0 Å². The van der Waals surface area contributed by atoms with Crippen LogP contribution in [0.1, 0.15) is 15.9 Å². The Bertz CT molecular complexity index is 724. The maximum absolute atomic E-state index is 12.5. The SMILES string of the molecule is Cc1cc(Br)ccc1Nc1ccc(C(=O)N2CCN(C)CC2)cn1. The van der Waals surface area contributed by atoms with Gasteiger partial charge >= 0.3 is 0 Å². The molecule has 2 heterocycles. The number of nitrogens with one attached hydrogen (secondary N) is 1. The summed E-state index contributed by atoms with van der Waals surface area (Å²) in [6.07, 6.45) is 1.65. The van der Waals surface area contributed by atoms with Gasteiger partial charge in [-0.1, -0.05) is 15.9 Å². The summed E-state index contributed by atoms with van der Waals surface area (Å²) >= 11 is 3.46. The Morgan fingerprint density at radius 3 is 2.54 bits per heavy atom. The molecule has 0 saturated carbocycles. The van der Waals surface area contributed by atoms with Crippen LogP contribution in [-0.2, 0) is 0 Å². The summed E-state index contributed by atoms with van der Waals surface area (Å²) in [5.74, 6) is 0.789. The maximum atomic E-state index is 12.5. The lowest BCUT2D eigenvalue weighted by molar-refractivity contribution is 0.0663. The fourth-order valence-electron chi connectivity index (χ4n) is 2.69. The Morgan fingerprint density at radius 2 is 1.92 bits per heavy atom. The highest BCUT2D eigenvalue weighted by molar-refractivity contribution is 9.10. The molecule has 1 N–H and O–H groups in total. The van der Waals surface area contributed by atoms with Crippen molar-refractivity contribution in [3.63, 3.8) is 0 Å². The molecule has 1 fully saturated rings. The van der Waals surface area contributed by atoms with Crippen LogP contribution >= 0.6 is 15.9 Å². The summed E-state index contributed by atoms with van der Waals surface area (Å²) in [4.78, 5) is 21.0. The Balaban J connectivity index is 1.68. The van der Waals surface area contributed by atoms with E-state index in [0.717, 1.165) is 47.7 Å². The third-order valence-corrected chi connectivity index (χ3v) is 4.75. The van der Waals surface area contributed by atoms with E-state index in [1.165, 1.54) is 0 Å². The zero-order valence-corrected chi connectivity index (χ0v) is 15.5. The number of nitrogens with zero attached hydrogens (tertiary/aromatic N) is 3. The van der Waals surface area contributed by atoms with Crippen molar-refractivity contribution < 1.29 is 4.79 Å². The van der Waals surface area contributed by atoms with Crippen LogP contribution in [0.25, 0.3) is 0 Å². The number of aryl methyl sites for hydroxylation is 1. The second-order valence-electron chi connectivity index (χ2n) is 6.11. The quantitative estimate of drug-likeness (QED) is 0.876. The van der Waals surface area contributed by atoms with Gasteiger partial charge in [0, 0.05) is 42.5 Å². The van der Waals surface area contributed by atoms with Crippen LogP contribution < -0.4 is 5.32 Å². The van der Waals surface area contributed by atoms with Crippen molar-refractivity contribution in [1.82, 2.24) is 14.8 Å². The van der Waals surface area contributed by atoms with E-state index in [1.54, 1.807) is 6.20 Å². The average molecular weight is 389 g/mol. The van der Waals surface area contributed by atoms with Crippen LogP contribution in [0, 0.1) is 6.92 Å². The lowest BCUT2D eigenvalue weighted by Gasteiger charge is -2.32. The number of carbonyl (C=O) groups excluding carboxylic acids is 1. The second-order valence-corrected chi connectivity index (χ2v) is 7.03. The molecule has 1 aliphatic heterocycles. The molecule has 0 atom stereocenters. The maximum Gasteiger partial charge on any atom is 0.255 e. The molecule has 0 aliphatic carbocycles. The van der Waals surface area contributed by atoms with Gasteiger partial charge in [0.05, 0.1) is 5.56 Å². The smallest absolute Gasteiger partial charge is 0.255 e. The molecular formula is C18H21BrN4O. The van der Waals surface area contributed by atoms with E-state index in [1.807, 2.05) is 42.2 Å². The predicted molar refractivity (Wildman–Crippen MR) is 99.8 cm³/mol. The number of hydrogen-bond acceptors (Lipinski definition) is 4. The number of pyridine rings is 1. The molecule has 6 heteroatoms. The van der Waals surface area contributed by atoms with Gasteiger partial charge in [-0.05, 0) is 49.9 Å². The van der Waals surface area contributed by atoms with Crippen LogP contribution in [0.5, 0.6) is 0 Å². The summed E-state index contributed by atoms with van der Waals surface area (Å²) in [5.41, 5.74) is 2.77. The highest BCUT2D eigenvalue weighted by atomic mass is 79.9. The standard InChI is InChI=1S/C18H21BrN4O/c1-13-11-15(19)4-5-16(13)21-17-6-3-14(12-20-17)18(24)23-9-7-22(2)8-10-23/h3-6,11-12H,7-10H2,1-2H3,(H,20,21). The molecule has 1 aliphatic rings. The van der Waals surface area contributed by atoms with Crippen LogP contribution in [0.3, 0.4) is 0 Å². The van der Waals surface area contributed by atoms with E-state index in [0.29, 0.717) is 5.56 Å². The third-order valence-electron chi connectivity index (χ3n) is 4.25. The van der Waals surface area contributed by atoms with Gasteiger partial charge in [0.1, 0.15) is 5.82 Å². The number of hydrogen-bond donors (Lipinski definition) is 1. The molecule has 24 heavy (non-hydrogen) atoms. The minimum atomic E-state index is 0.0574. The number of anilines is 2. The van der Waals surface area contributed by atoms with Crippen molar-refractivity contribution in [2.75, 3.05) is 38.5 Å². The van der Waals surface area contributed by atoms with Crippen LogP contribution in [-0.4, -0.2) is 53.9 Å².